The summed E-state index contributed by atoms with van der Waals surface area (Å²) < 4.78 is 2.01. The van der Waals surface area contributed by atoms with Gasteiger partial charge in [-0.1, -0.05) is 0 Å². The molecule has 0 aromatic carbocycles. The number of rotatable bonds is 2. The average Bonchev–Trinajstić information content (AvgIpc) is 3.08. The van der Waals surface area contributed by atoms with Crippen LogP contribution in [0.3, 0.4) is 0 Å². The monoisotopic (exact) mass is 305 g/mol. The van der Waals surface area contributed by atoms with Crippen LogP contribution in [0.2, 0.25) is 0 Å². The summed E-state index contributed by atoms with van der Waals surface area (Å²) in [5, 5.41) is 6.67. The van der Waals surface area contributed by atoms with Crippen molar-refractivity contribution in [1.29, 1.82) is 0 Å². The first-order valence-corrected chi connectivity index (χ1v) is 7.74. The Labute approximate surface area is 131 Å². The average molecular weight is 305 g/mol. The van der Waals surface area contributed by atoms with Gasteiger partial charge in [0.05, 0.1) is 17.1 Å². The van der Waals surface area contributed by atoms with Crippen molar-refractivity contribution in [3.05, 3.63) is 30.7 Å². The molecular weight excluding hydrogens is 290 g/mol. The van der Waals surface area contributed by atoms with Crippen LogP contribution < -0.4 is 5.73 Å². The molecular formula is C16H15N7. The van der Waals surface area contributed by atoms with Crippen molar-refractivity contribution in [2.24, 2.45) is 0 Å². The van der Waals surface area contributed by atoms with Gasteiger partial charge in [-0.3, -0.25) is 0 Å². The fraction of sp³-hybridized carbons (Fsp3) is 0.250. The van der Waals surface area contributed by atoms with Crippen LogP contribution in [0.25, 0.3) is 33.5 Å². The van der Waals surface area contributed by atoms with E-state index < -0.39 is 0 Å². The SMILES string of the molecule is Nc1ncnc2c1c(-c1cc3cccnc3[nH]1)nn2C1CCC1. The number of nitrogens with two attached hydrogens (primary N) is 1. The standard InChI is InChI=1S/C16H15N7/c17-14-12-13(11-7-9-3-2-6-18-15(9)21-11)22-23(10-4-1-5-10)16(12)20-8-19-14/h2-3,6-8,10H,1,4-5H2,(H,18,21)(H2,17,19,20). The van der Waals surface area contributed by atoms with E-state index in [4.69, 9.17) is 10.8 Å². The van der Waals surface area contributed by atoms with Crippen molar-refractivity contribution in [3.63, 3.8) is 0 Å². The summed E-state index contributed by atoms with van der Waals surface area (Å²) in [4.78, 5) is 16.2. The molecule has 114 valence electrons. The second-order valence-electron chi connectivity index (χ2n) is 5.96. The van der Waals surface area contributed by atoms with E-state index in [-0.39, 0.29) is 0 Å². The second kappa shape index (κ2) is 4.52. The maximum Gasteiger partial charge on any atom is 0.164 e. The van der Waals surface area contributed by atoms with Crippen molar-refractivity contribution in [2.45, 2.75) is 25.3 Å². The molecule has 23 heavy (non-hydrogen) atoms. The molecule has 0 saturated heterocycles. The fourth-order valence-electron chi connectivity index (χ4n) is 3.16. The van der Waals surface area contributed by atoms with Gasteiger partial charge < -0.3 is 10.7 Å². The van der Waals surface area contributed by atoms with Gasteiger partial charge in [-0.2, -0.15) is 5.10 Å². The fourth-order valence-corrected chi connectivity index (χ4v) is 3.16. The lowest BCUT2D eigenvalue weighted by atomic mass is 9.93. The topological polar surface area (TPSA) is 98.3 Å². The van der Waals surface area contributed by atoms with Gasteiger partial charge in [0, 0.05) is 11.6 Å². The van der Waals surface area contributed by atoms with E-state index in [0.29, 0.717) is 11.9 Å². The van der Waals surface area contributed by atoms with Gasteiger partial charge in [0.15, 0.2) is 5.65 Å². The van der Waals surface area contributed by atoms with Gasteiger partial charge in [-0.15, -0.1) is 0 Å². The zero-order valence-corrected chi connectivity index (χ0v) is 12.4. The molecule has 0 aliphatic heterocycles. The Bertz CT molecular complexity index is 992. The molecule has 0 bridgehead atoms. The van der Waals surface area contributed by atoms with Crippen LogP contribution in [-0.2, 0) is 0 Å². The Morgan fingerprint density at radius 3 is 2.91 bits per heavy atom. The van der Waals surface area contributed by atoms with Crippen molar-refractivity contribution in [1.82, 2.24) is 29.7 Å². The predicted octanol–water partition coefficient (Wildman–Crippen LogP) is 2.68. The Kier molecular flexibility index (Phi) is 2.47. The van der Waals surface area contributed by atoms with E-state index in [1.807, 2.05) is 22.9 Å². The summed E-state index contributed by atoms with van der Waals surface area (Å²) in [5.41, 5.74) is 9.46. The number of hydrogen-bond donors (Lipinski definition) is 2. The van der Waals surface area contributed by atoms with Crippen molar-refractivity contribution in [3.8, 4) is 11.4 Å². The number of hydrogen-bond acceptors (Lipinski definition) is 5. The lowest BCUT2D eigenvalue weighted by Gasteiger charge is -2.25. The maximum absolute atomic E-state index is 6.13. The Hall–Kier alpha value is -2.96. The minimum Gasteiger partial charge on any atom is -0.383 e. The predicted molar refractivity (Wildman–Crippen MR) is 87.7 cm³/mol. The second-order valence-corrected chi connectivity index (χ2v) is 5.96. The molecule has 4 aromatic heterocycles. The van der Waals surface area contributed by atoms with Crippen molar-refractivity contribution < 1.29 is 0 Å². The molecule has 4 aromatic rings. The molecule has 5 rings (SSSR count). The highest BCUT2D eigenvalue weighted by Gasteiger charge is 2.26. The number of H-pyrrole nitrogens is 1. The number of anilines is 1. The first kappa shape index (κ1) is 12.6. The maximum atomic E-state index is 6.13. The molecule has 3 N–H and O–H groups in total. The Morgan fingerprint density at radius 2 is 2.13 bits per heavy atom. The molecule has 0 atom stereocenters. The molecule has 7 nitrogen and oxygen atoms in total. The molecule has 4 heterocycles. The normalized spacial score (nSPS) is 15.3. The lowest BCUT2D eigenvalue weighted by Crippen LogP contribution is -2.18. The third-order valence-electron chi connectivity index (χ3n) is 4.59. The molecule has 0 amide bonds. The number of aromatic nitrogens is 6. The number of fused-ring (bicyclic) bond motifs is 2. The van der Waals surface area contributed by atoms with Gasteiger partial charge in [-0.05, 0) is 37.5 Å². The number of nitrogen functional groups attached to an aromatic ring is 1. The van der Waals surface area contributed by atoms with Crippen LogP contribution >= 0.6 is 0 Å². The molecule has 1 aliphatic carbocycles. The highest BCUT2D eigenvalue weighted by atomic mass is 15.3. The lowest BCUT2D eigenvalue weighted by molar-refractivity contribution is 0.296. The molecule has 1 fully saturated rings. The van der Waals surface area contributed by atoms with Crippen LogP contribution in [0, 0.1) is 0 Å². The Balaban J connectivity index is 1.80. The summed E-state index contributed by atoms with van der Waals surface area (Å²) in [6, 6.07) is 6.39. The molecule has 0 spiro atoms. The van der Waals surface area contributed by atoms with E-state index in [9.17, 15) is 0 Å². The first-order chi connectivity index (χ1) is 11.3. The largest absolute Gasteiger partial charge is 0.383 e. The number of pyridine rings is 1. The molecule has 0 radical (unpaired) electrons. The van der Waals surface area contributed by atoms with Crippen LogP contribution in [0.4, 0.5) is 5.82 Å². The van der Waals surface area contributed by atoms with Crippen LogP contribution in [0.5, 0.6) is 0 Å². The summed E-state index contributed by atoms with van der Waals surface area (Å²) in [6.07, 6.45) is 6.78. The summed E-state index contributed by atoms with van der Waals surface area (Å²) in [6.45, 7) is 0. The molecule has 1 aliphatic rings. The van der Waals surface area contributed by atoms with E-state index in [2.05, 4.69) is 19.9 Å². The summed E-state index contributed by atoms with van der Waals surface area (Å²) >= 11 is 0. The smallest absolute Gasteiger partial charge is 0.164 e. The quantitative estimate of drug-likeness (QED) is 0.593. The van der Waals surface area contributed by atoms with Crippen molar-refractivity contribution in [2.75, 3.05) is 5.73 Å². The molecule has 0 unspecified atom stereocenters. The zero-order chi connectivity index (χ0) is 15.4. The van der Waals surface area contributed by atoms with E-state index >= 15 is 0 Å². The zero-order valence-electron chi connectivity index (χ0n) is 12.4. The van der Waals surface area contributed by atoms with Crippen molar-refractivity contribution >= 4 is 27.9 Å². The summed E-state index contributed by atoms with van der Waals surface area (Å²) in [5.74, 6) is 0.460. The van der Waals surface area contributed by atoms with Gasteiger partial charge in [-0.25, -0.2) is 19.6 Å². The molecule has 1 saturated carbocycles. The van der Waals surface area contributed by atoms with Gasteiger partial charge in [0.2, 0.25) is 0 Å². The van der Waals surface area contributed by atoms with E-state index in [1.54, 1.807) is 6.20 Å². The third-order valence-corrected chi connectivity index (χ3v) is 4.59. The minimum absolute atomic E-state index is 0.406. The van der Waals surface area contributed by atoms with Gasteiger partial charge >= 0.3 is 0 Å². The highest BCUT2D eigenvalue weighted by Crippen LogP contribution is 2.37. The molecule has 7 heteroatoms. The number of aromatic amines is 1. The number of nitrogens with zero attached hydrogens (tertiary/aromatic N) is 5. The van der Waals surface area contributed by atoms with Crippen LogP contribution in [-0.4, -0.2) is 29.7 Å². The minimum atomic E-state index is 0.406. The third kappa shape index (κ3) is 1.76. The first-order valence-electron chi connectivity index (χ1n) is 7.74. The highest BCUT2D eigenvalue weighted by molar-refractivity contribution is 5.99. The van der Waals surface area contributed by atoms with Gasteiger partial charge in [0.1, 0.15) is 23.5 Å². The van der Waals surface area contributed by atoms with Gasteiger partial charge in [0.25, 0.3) is 0 Å². The van der Waals surface area contributed by atoms with E-state index in [1.165, 1.54) is 12.7 Å². The van der Waals surface area contributed by atoms with E-state index in [0.717, 1.165) is 46.3 Å². The number of nitrogens with one attached hydrogen (secondary N) is 1. The van der Waals surface area contributed by atoms with Crippen LogP contribution in [0.15, 0.2) is 30.7 Å². The summed E-state index contributed by atoms with van der Waals surface area (Å²) in [7, 11) is 0. The van der Waals surface area contributed by atoms with Crippen LogP contribution in [0.1, 0.15) is 25.3 Å². The Morgan fingerprint density at radius 1 is 1.22 bits per heavy atom.